The minimum Gasteiger partial charge on any atom is -0.396 e. The van der Waals surface area contributed by atoms with Crippen molar-refractivity contribution in [3.63, 3.8) is 0 Å². The summed E-state index contributed by atoms with van der Waals surface area (Å²) in [7, 11) is 0. The van der Waals surface area contributed by atoms with Crippen molar-refractivity contribution in [2.45, 2.75) is 71.1 Å². The van der Waals surface area contributed by atoms with E-state index in [1.54, 1.807) is 0 Å². The summed E-state index contributed by atoms with van der Waals surface area (Å²) in [5.74, 6) is 0. The monoisotopic (exact) mass is 238 g/mol. The molecular formula is C16H30O. The molecule has 0 aliphatic carbocycles. The number of allylic oxidation sites excluding steroid dienone is 4. The molecule has 0 radical (unpaired) electrons. The van der Waals surface area contributed by atoms with Crippen LogP contribution in [0.2, 0.25) is 0 Å². The molecule has 0 aromatic heterocycles. The smallest absolute Gasteiger partial charge is 0.0431 e. The normalized spacial score (nSPS) is 11.9. The molecule has 0 aliphatic rings. The zero-order valence-corrected chi connectivity index (χ0v) is 11.5. The predicted molar refractivity (Wildman–Crippen MR) is 77.2 cm³/mol. The molecule has 0 aromatic carbocycles. The van der Waals surface area contributed by atoms with Crippen LogP contribution in [0.3, 0.4) is 0 Å². The number of rotatable bonds is 12. The molecule has 0 atom stereocenters. The van der Waals surface area contributed by atoms with Crippen molar-refractivity contribution < 1.29 is 5.11 Å². The van der Waals surface area contributed by atoms with Crippen LogP contribution in [0.25, 0.3) is 0 Å². The highest BCUT2D eigenvalue weighted by atomic mass is 16.2. The van der Waals surface area contributed by atoms with Gasteiger partial charge in [-0.15, -0.1) is 0 Å². The maximum absolute atomic E-state index is 8.63. The Hall–Kier alpha value is -0.560. The van der Waals surface area contributed by atoms with Crippen LogP contribution in [0.1, 0.15) is 71.1 Å². The average Bonchev–Trinajstić information content (AvgIpc) is 2.35. The molecule has 0 amide bonds. The molecular weight excluding hydrogens is 208 g/mol. The topological polar surface area (TPSA) is 20.2 Å². The third-order valence-corrected chi connectivity index (χ3v) is 2.89. The summed E-state index contributed by atoms with van der Waals surface area (Å²) in [6.45, 7) is 2.58. The minimum atomic E-state index is 0.354. The SMILES string of the molecule is CCCC/C=C/C=C\CCCCCCCCO. The van der Waals surface area contributed by atoms with Crippen LogP contribution in [-0.4, -0.2) is 11.7 Å². The van der Waals surface area contributed by atoms with Gasteiger partial charge in [0, 0.05) is 6.61 Å². The van der Waals surface area contributed by atoms with E-state index in [-0.39, 0.29) is 0 Å². The first kappa shape index (κ1) is 16.4. The molecule has 0 aliphatic heterocycles. The highest BCUT2D eigenvalue weighted by molar-refractivity contribution is 5.02. The molecule has 17 heavy (non-hydrogen) atoms. The molecule has 0 bridgehead atoms. The van der Waals surface area contributed by atoms with Gasteiger partial charge in [0.05, 0.1) is 0 Å². The van der Waals surface area contributed by atoms with Crippen LogP contribution in [0, 0.1) is 0 Å². The van der Waals surface area contributed by atoms with Gasteiger partial charge in [0.15, 0.2) is 0 Å². The molecule has 100 valence electrons. The highest BCUT2D eigenvalue weighted by Gasteiger charge is 1.89. The predicted octanol–water partition coefficient (Wildman–Crippen LogP) is 5.01. The fourth-order valence-electron chi connectivity index (χ4n) is 1.75. The molecule has 0 aromatic rings. The molecule has 0 saturated carbocycles. The summed E-state index contributed by atoms with van der Waals surface area (Å²) >= 11 is 0. The number of aliphatic hydroxyl groups excluding tert-OH is 1. The molecule has 0 fully saturated rings. The second-order valence-electron chi connectivity index (χ2n) is 4.63. The van der Waals surface area contributed by atoms with Crippen molar-refractivity contribution in [3.05, 3.63) is 24.3 Å². The Kier molecular flexibility index (Phi) is 14.9. The second kappa shape index (κ2) is 15.4. The fourth-order valence-corrected chi connectivity index (χ4v) is 1.75. The van der Waals surface area contributed by atoms with Crippen molar-refractivity contribution in [1.29, 1.82) is 0 Å². The van der Waals surface area contributed by atoms with E-state index in [1.165, 1.54) is 57.8 Å². The van der Waals surface area contributed by atoms with Crippen LogP contribution in [-0.2, 0) is 0 Å². The zero-order valence-electron chi connectivity index (χ0n) is 11.5. The van der Waals surface area contributed by atoms with Crippen LogP contribution in [0.5, 0.6) is 0 Å². The average molecular weight is 238 g/mol. The lowest BCUT2D eigenvalue weighted by atomic mass is 10.1. The summed E-state index contributed by atoms with van der Waals surface area (Å²) in [5, 5.41) is 8.63. The zero-order chi connectivity index (χ0) is 12.6. The Morgan fingerprint density at radius 1 is 0.706 bits per heavy atom. The van der Waals surface area contributed by atoms with E-state index in [1.807, 2.05) is 0 Å². The van der Waals surface area contributed by atoms with Gasteiger partial charge < -0.3 is 5.11 Å². The first-order valence-electron chi connectivity index (χ1n) is 7.34. The first-order chi connectivity index (χ1) is 8.41. The lowest BCUT2D eigenvalue weighted by Gasteiger charge is -1.98. The number of hydrogen-bond donors (Lipinski definition) is 1. The van der Waals surface area contributed by atoms with Crippen molar-refractivity contribution in [2.75, 3.05) is 6.61 Å². The van der Waals surface area contributed by atoms with Crippen molar-refractivity contribution >= 4 is 0 Å². The van der Waals surface area contributed by atoms with Gasteiger partial charge in [-0.25, -0.2) is 0 Å². The molecule has 0 heterocycles. The molecule has 1 N–H and O–H groups in total. The van der Waals surface area contributed by atoms with Gasteiger partial charge in [-0.3, -0.25) is 0 Å². The standard InChI is InChI=1S/C16H30O/c1-2-3-4-5-6-7-8-9-10-11-12-13-14-15-16-17/h5-8,17H,2-4,9-16H2,1H3/b6-5+,8-7-. The maximum atomic E-state index is 8.63. The third-order valence-electron chi connectivity index (χ3n) is 2.89. The lowest BCUT2D eigenvalue weighted by Crippen LogP contribution is -1.83. The van der Waals surface area contributed by atoms with Gasteiger partial charge in [-0.1, -0.05) is 69.8 Å². The van der Waals surface area contributed by atoms with E-state index < -0.39 is 0 Å². The molecule has 0 unspecified atom stereocenters. The summed E-state index contributed by atoms with van der Waals surface area (Å²) < 4.78 is 0. The van der Waals surface area contributed by atoms with Gasteiger partial charge in [0.1, 0.15) is 0 Å². The van der Waals surface area contributed by atoms with Gasteiger partial charge in [-0.2, -0.15) is 0 Å². The van der Waals surface area contributed by atoms with E-state index in [4.69, 9.17) is 5.11 Å². The number of unbranched alkanes of at least 4 members (excludes halogenated alkanes) is 8. The van der Waals surface area contributed by atoms with E-state index in [9.17, 15) is 0 Å². The van der Waals surface area contributed by atoms with E-state index >= 15 is 0 Å². The molecule has 1 heteroatoms. The summed E-state index contributed by atoms with van der Waals surface area (Å²) in [6.07, 6.45) is 21.3. The fraction of sp³-hybridized carbons (Fsp3) is 0.750. The van der Waals surface area contributed by atoms with Gasteiger partial charge >= 0.3 is 0 Å². The maximum Gasteiger partial charge on any atom is 0.0431 e. The Bertz CT molecular complexity index is 182. The van der Waals surface area contributed by atoms with E-state index in [0.29, 0.717) is 6.61 Å². The van der Waals surface area contributed by atoms with Crippen molar-refractivity contribution in [3.8, 4) is 0 Å². The third kappa shape index (κ3) is 15.4. The Morgan fingerprint density at radius 3 is 1.82 bits per heavy atom. The summed E-state index contributed by atoms with van der Waals surface area (Å²) in [4.78, 5) is 0. The van der Waals surface area contributed by atoms with Crippen LogP contribution < -0.4 is 0 Å². The molecule has 1 nitrogen and oxygen atoms in total. The minimum absolute atomic E-state index is 0.354. The Morgan fingerprint density at radius 2 is 1.24 bits per heavy atom. The van der Waals surface area contributed by atoms with Crippen molar-refractivity contribution in [2.24, 2.45) is 0 Å². The lowest BCUT2D eigenvalue weighted by molar-refractivity contribution is 0.282. The number of hydrogen-bond acceptors (Lipinski definition) is 1. The van der Waals surface area contributed by atoms with E-state index in [0.717, 1.165) is 6.42 Å². The largest absolute Gasteiger partial charge is 0.396 e. The highest BCUT2D eigenvalue weighted by Crippen LogP contribution is 2.07. The van der Waals surface area contributed by atoms with Gasteiger partial charge in [-0.05, 0) is 25.7 Å². The van der Waals surface area contributed by atoms with Crippen LogP contribution >= 0.6 is 0 Å². The summed E-state index contributed by atoms with van der Waals surface area (Å²) in [5.41, 5.74) is 0. The number of aliphatic hydroxyl groups is 1. The molecule has 0 saturated heterocycles. The Labute approximate surface area is 108 Å². The quantitative estimate of drug-likeness (QED) is 0.374. The Balaban J connectivity index is 3.11. The van der Waals surface area contributed by atoms with Gasteiger partial charge in [0.2, 0.25) is 0 Å². The van der Waals surface area contributed by atoms with Crippen molar-refractivity contribution in [1.82, 2.24) is 0 Å². The first-order valence-corrected chi connectivity index (χ1v) is 7.34. The van der Waals surface area contributed by atoms with Crippen LogP contribution in [0.15, 0.2) is 24.3 Å². The summed E-state index contributed by atoms with van der Waals surface area (Å²) in [6, 6.07) is 0. The molecule has 0 spiro atoms. The van der Waals surface area contributed by atoms with E-state index in [2.05, 4.69) is 31.2 Å². The second-order valence-corrected chi connectivity index (χ2v) is 4.63. The van der Waals surface area contributed by atoms with Crippen LogP contribution in [0.4, 0.5) is 0 Å². The molecule has 0 rings (SSSR count). The van der Waals surface area contributed by atoms with Gasteiger partial charge in [0.25, 0.3) is 0 Å².